The summed E-state index contributed by atoms with van der Waals surface area (Å²) in [5.74, 6) is 0.996. The summed E-state index contributed by atoms with van der Waals surface area (Å²) in [7, 11) is 4.55. The minimum atomic E-state index is -0.413. The van der Waals surface area contributed by atoms with Crippen LogP contribution < -0.4 is 14.8 Å². The Bertz CT molecular complexity index is 850. The van der Waals surface area contributed by atoms with Crippen molar-refractivity contribution < 1.29 is 23.8 Å². The van der Waals surface area contributed by atoms with Gasteiger partial charge in [0.2, 0.25) is 0 Å². The average Bonchev–Trinajstić information content (AvgIpc) is 3.23. The van der Waals surface area contributed by atoms with Crippen LogP contribution in [-0.4, -0.2) is 44.8 Å². The van der Waals surface area contributed by atoms with Gasteiger partial charge in [0.1, 0.15) is 11.5 Å². The van der Waals surface area contributed by atoms with Crippen molar-refractivity contribution in [3.8, 4) is 11.5 Å². The lowest BCUT2D eigenvalue weighted by Crippen LogP contribution is -2.34. The second kappa shape index (κ2) is 8.65. The Labute approximate surface area is 164 Å². The molecule has 7 heteroatoms. The molecule has 1 aliphatic rings. The summed E-state index contributed by atoms with van der Waals surface area (Å²) in [6.45, 7) is 0.659. The van der Waals surface area contributed by atoms with E-state index < -0.39 is 5.97 Å². The van der Waals surface area contributed by atoms with E-state index in [0.717, 1.165) is 18.4 Å². The Balaban J connectivity index is 1.75. The van der Waals surface area contributed by atoms with Crippen molar-refractivity contribution in [1.29, 1.82) is 0 Å². The fraction of sp³-hybridized carbons (Fsp3) is 0.333. The predicted octanol–water partition coefficient (Wildman–Crippen LogP) is 3.86. The number of rotatable bonds is 5. The predicted molar refractivity (Wildman–Crippen MR) is 105 cm³/mol. The number of hydrogen-bond acceptors (Lipinski definition) is 5. The molecule has 0 aliphatic carbocycles. The molecule has 148 valence electrons. The van der Waals surface area contributed by atoms with Crippen molar-refractivity contribution in [2.45, 2.75) is 18.9 Å². The molecule has 0 aromatic heterocycles. The zero-order chi connectivity index (χ0) is 20.1. The van der Waals surface area contributed by atoms with Crippen LogP contribution in [0.4, 0.5) is 10.5 Å². The molecule has 2 aromatic carbocycles. The molecule has 1 heterocycles. The Hall–Kier alpha value is -3.22. The van der Waals surface area contributed by atoms with Crippen molar-refractivity contribution in [2.75, 3.05) is 33.2 Å². The van der Waals surface area contributed by atoms with Gasteiger partial charge in [0, 0.05) is 23.9 Å². The van der Waals surface area contributed by atoms with E-state index in [-0.39, 0.29) is 12.1 Å². The van der Waals surface area contributed by atoms with E-state index in [4.69, 9.17) is 9.47 Å². The molecule has 7 nitrogen and oxygen atoms in total. The zero-order valence-corrected chi connectivity index (χ0v) is 16.2. The Morgan fingerprint density at radius 1 is 1.04 bits per heavy atom. The van der Waals surface area contributed by atoms with Crippen LogP contribution in [0, 0.1) is 0 Å². The number of carbonyl (C=O) groups is 2. The van der Waals surface area contributed by atoms with Crippen molar-refractivity contribution in [3.63, 3.8) is 0 Å². The third-order valence-corrected chi connectivity index (χ3v) is 4.87. The second-order valence-corrected chi connectivity index (χ2v) is 6.46. The van der Waals surface area contributed by atoms with Gasteiger partial charge in [-0.1, -0.05) is 0 Å². The van der Waals surface area contributed by atoms with Gasteiger partial charge in [0.25, 0.3) is 0 Å². The summed E-state index contributed by atoms with van der Waals surface area (Å²) in [6, 6.07) is 12.0. The van der Waals surface area contributed by atoms with Crippen LogP contribution in [0.25, 0.3) is 0 Å². The molecule has 1 fully saturated rings. The number of amides is 2. The van der Waals surface area contributed by atoms with Gasteiger partial charge in [0.15, 0.2) is 0 Å². The molecule has 0 saturated carbocycles. The highest BCUT2D eigenvalue weighted by Gasteiger charge is 2.32. The van der Waals surface area contributed by atoms with Crippen LogP contribution in [0.2, 0.25) is 0 Å². The molecule has 3 rings (SSSR count). The van der Waals surface area contributed by atoms with Gasteiger partial charge < -0.3 is 24.4 Å². The summed E-state index contributed by atoms with van der Waals surface area (Å²) in [6.07, 6.45) is 1.77. The molecular formula is C21H24N2O5. The molecular weight excluding hydrogens is 360 g/mol. The van der Waals surface area contributed by atoms with Gasteiger partial charge in [-0.05, 0) is 49.2 Å². The number of anilines is 1. The standard InChI is InChI=1S/C21H24N2O5/c1-26-16-10-11-17(19(13-16)27-2)18-5-4-12-23(18)21(25)22-15-8-6-14(7-9-15)20(24)28-3/h6-11,13,18H,4-5,12H2,1-3H3,(H,22,25). The normalized spacial score (nSPS) is 15.8. The van der Waals surface area contributed by atoms with E-state index >= 15 is 0 Å². The van der Waals surface area contributed by atoms with Crippen LogP contribution >= 0.6 is 0 Å². The van der Waals surface area contributed by atoms with Gasteiger partial charge in [-0.3, -0.25) is 0 Å². The Kier molecular flexibility index (Phi) is 6.03. The van der Waals surface area contributed by atoms with Crippen LogP contribution in [0.1, 0.15) is 34.8 Å². The van der Waals surface area contributed by atoms with Crippen molar-refractivity contribution in [1.82, 2.24) is 4.90 Å². The lowest BCUT2D eigenvalue weighted by Gasteiger charge is -2.26. The molecule has 2 aromatic rings. The van der Waals surface area contributed by atoms with Crippen LogP contribution in [0.15, 0.2) is 42.5 Å². The van der Waals surface area contributed by atoms with Gasteiger partial charge in [-0.25, -0.2) is 9.59 Å². The fourth-order valence-electron chi connectivity index (χ4n) is 3.43. The number of methoxy groups -OCH3 is 3. The van der Waals surface area contributed by atoms with Crippen LogP contribution in [0.5, 0.6) is 11.5 Å². The highest BCUT2D eigenvalue weighted by Crippen LogP contribution is 2.38. The molecule has 1 N–H and O–H groups in total. The van der Waals surface area contributed by atoms with E-state index in [1.165, 1.54) is 7.11 Å². The van der Waals surface area contributed by atoms with E-state index in [2.05, 4.69) is 10.1 Å². The molecule has 1 atom stereocenters. The van der Waals surface area contributed by atoms with Gasteiger partial charge in [-0.2, -0.15) is 0 Å². The largest absolute Gasteiger partial charge is 0.497 e. The highest BCUT2D eigenvalue weighted by atomic mass is 16.5. The molecule has 1 aliphatic heterocycles. The quantitative estimate of drug-likeness (QED) is 0.792. The maximum absolute atomic E-state index is 12.9. The molecule has 1 saturated heterocycles. The minimum absolute atomic E-state index is 0.0739. The number of urea groups is 1. The first kappa shape index (κ1) is 19.5. The van der Waals surface area contributed by atoms with Crippen molar-refractivity contribution in [3.05, 3.63) is 53.6 Å². The summed E-state index contributed by atoms with van der Waals surface area (Å²) in [5.41, 5.74) is 2.00. The summed E-state index contributed by atoms with van der Waals surface area (Å²) in [4.78, 5) is 26.2. The fourth-order valence-corrected chi connectivity index (χ4v) is 3.43. The average molecular weight is 384 g/mol. The molecule has 2 amide bonds. The van der Waals surface area contributed by atoms with Crippen molar-refractivity contribution >= 4 is 17.7 Å². The highest BCUT2D eigenvalue weighted by molar-refractivity contribution is 5.92. The number of ether oxygens (including phenoxy) is 3. The van der Waals surface area contributed by atoms with E-state index in [0.29, 0.717) is 29.3 Å². The zero-order valence-electron chi connectivity index (χ0n) is 16.2. The van der Waals surface area contributed by atoms with Crippen LogP contribution in [0.3, 0.4) is 0 Å². The number of hydrogen-bond donors (Lipinski definition) is 1. The van der Waals surface area contributed by atoms with Crippen LogP contribution in [-0.2, 0) is 4.74 Å². The van der Waals surface area contributed by atoms with E-state index in [1.807, 2.05) is 18.2 Å². The first-order valence-electron chi connectivity index (χ1n) is 9.05. The lowest BCUT2D eigenvalue weighted by molar-refractivity contribution is 0.0600. The maximum Gasteiger partial charge on any atom is 0.337 e. The second-order valence-electron chi connectivity index (χ2n) is 6.46. The third-order valence-electron chi connectivity index (χ3n) is 4.87. The number of nitrogens with zero attached hydrogens (tertiary/aromatic N) is 1. The third kappa shape index (κ3) is 4.03. The minimum Gasteiger partial charge on any atom is -0.497 e. The van der Waals surface area contributed by atoms with Gasteiger partial charge in [-0.15, -0.1) is 0 Å². The van der Waals surface area contributed by atoms with E-state index in [1.54, 1.807) is 43.4 Å². The van der Waals surface area contributed by atoms with Crippen molar-refractivity contribution in [2.24, 2.45) is 0 Å². The molecule has 0 spiro atoms. The number of nitrogens with one attached hydrogen (secondary N) is 1. The summed E-state index contributed by atoms with van der Waals surface area (Å²) in [5, 5.41) is 2.90. The number of esters is 1. The summed E-state index contributed by atoms with van der Waals surface area (Å²) < 4.78 is 15.5. The first-order chi connectivity index (χ1) is 13.6. The molecule has 0 bridgehead atoms. The first-order valence-corrected chi connectivity index (χ1v) is 9.05. The lowest BCUT2D eigenvalue weighted by atomic mass is 10.0. The maximum atomic E-state index is 12.9. The molecule has 1 unspecified atom stereocenters. The number of carbonyl (C=O) groups excluding carboxylic acids is 2. The topological polar surface area (TPSA) is 77.1 Å². The van der Waals surface area contributed by atoms with E-state index in [9.17, 15) is 9.59 Å². The number of likely N-dealkylation sites (tertiary alicyclic amines) is 1. The molecule has 28 heavy (non-hydrogen) atoms. The smallest absolute Gasteiger partial charge is 0.337 e. The van der Waals surface area contributed by atoms with Gasteiger partial charge >= 0.3 is 12.0 Å². The molecule has 0 radical (unpaired) electrons. The van der Waals surface area contributed by atoms with Gasteiger partial charge in [0.05, 0.1) is 32.9 Å². The SMILES string of the molecule is COC(=O)c1ccc(NC(=O)N2CCCC2c2ccc(OC)cc2OC)cc1. The monoisotopic (exact) mass is 384 g/mol. The number of benzene rings is 2. The Morgan fingerprint density at radius 2 is 1.79 bits per heavy atom. The Morgan fingerprint density at radius 3 is 2.43 bits per heavy atom. The summed E-state index contributed by atoms with van der Waals surface area (Å²) >= 11 is 0.